The number of anilines is 1. The molecule has 4 rings (SSSR count). The van der Waals surface area contributed by atoms with Crippen molar-refractivity contribution in [2.75, 3.05) is 4.90 Å². The zero-order valence-corrected chi connectivity index (χ0v) is 20.5. The van der Waals surface area contributed by atoms with Gasteiger partial charge in [0.05, 0.1) is 10.7 Å². The molecule has 0 saturated carbocycles. The van der Waals surface area contributed by atoms with Gasteiger partial charge in [-0.2, -0.15) is 0 Å². The number of rotatable bonds is 8. The largest absolute Gasteiger partial charge is 0.487 e. The van der Waals surface area contributed by atoms with Gasteiger partial charge in [-0.3, -0.25) is 9.78 Å². The van der Waals surface area contributed by atoms with Crippen LogP contribution < -0.4 is 9.64 Å². The summed E-state index contributed by atoms with van der Waals surface area (Å²) in [5.41, 5.74) is 4.34. The number of nitrogens with zero attached hydrogens (tertiary/aromatic N) is 4. The summed E-state index contributed by atoms with van der Waals surface area (Å²) >= 11 is 6.53. The molecule has 2 aromatic heterocycles. The first kappa shape index (κ1) is 23.8. The summed E-state index contributed by atoms with van der Waals surface area (Å²) in [5, 5.41) is 1.48. The molecule has 6 nitrogen and oxygen atoms in total. The van der Waals surface area contributed by atoms with Gasteiger partial charge in [0.1, 0.15) is 17.9 Å². The second-order valence-corrected chi connectivity index (χ2v) is 8.87. The number of carbonyl (C=O) groups excluding carboxylic acids is 1. The molecule has 7 heteroatoms. The summed E-state index contributed by atoms with van der Waals surface area (Å²) in [6.45, 7) is 10.7. The monoisotopic (exact) mass is 476 g/mol. The standard InChI is InChI=1S/C27H29ClN4O2/c1-5-12-31(6-2)24-13-18(3)30-27-21(24)8-7-9-25(27)34-17-22-20(14-29-15-23(22)28)16-32-19(4)10-11-26(32)33/h5-9,12-15,19H,2,10-11,16-17H2,1,3-4H3/b12-5-. The van der Waals surface area contributed by atoms with Gasteiger partial charge in [-0.1, -0.05) is 36.4 Å². The second-order valence-electron chi connectivity index (χ2n) is 8.46. The normalized spacial score (nSPS) is 15.9. The predicted molar refractivity (Wildman–Crippen MR) is 137 cm³/mol. The Morgan fingerprint density at radius 3 is 2.88 bits per heavy atom. The van der Waals surface area contributed by atoms with Crippen molar-refractivity contribution in [2.24, 2.45) is 0 Å². The fourth-order valence-electron chi connectivity index (χ4n) is 4.31. The van der Waals surface area contributed by atoms with Gasteiger partial charge >= 0.3 is 0 Å². The highest BCUT2D eigenvalue weighted by Gasteiger charge is 2.28. The Morgan fingerprint density at radius 1 is 1.35 bits per heavy atom. The highest BCUT2D eigenvalue weighted by Crippen LogP contribution is 2.34. The maximum absolute atomic E-state index is 12.3. The van der Waals surface area contributed by atoms with Crippen LogP contribution in [-0.4, -0.2) is 26.8 Å². The minimum atomic E-state index is 0.161. The lowest BCUT2D eigenvalue weighted by atomic mass is 10.1. The van der Waals surface area contributed by atoms with Crippen LogP contribution in [0.1, 0.15) is 43.5 Å². The Kier molecular flexibility index (Phi) is 7.17. The maximum atomic E-state index is 12.3. The number of carbonyl (C=O) groups is 1. The molecule has 1 fully saturated rings. The molecule has 1 amide bonds. The average molecular weight is 477 g/mol. The minimum Gasteiger partial charge on any atom is -0.487 e. The van der Waals surface area contributed by atoms with Gasteiger partial charge in [0.15, 0.2) is 0 Å². The van der Waals surface area contributed by atoms with Crippen molar-refractivity contribution in [1.82, 2.24) is 14.9 Å². The van der Waals surface area contributed by atoms with Crippen molar-refractivity contribution < 1.29 is 9.53 Å². The van der Waals surface area contributed by atoms with Gasteiger partial charge in [0, 0.05) is 60.4 Å². The fourth-order valence-corrected chi connectivity index (χ4v) is 4.55. The van der Waals surface area contributed by atoms with Crippen molar-refractivity contribution in [1.29, 1.82) is 0 Å². The van der Waals surface area contributed by atoms with Gasteiger partial charge < -0.3 is 14.5 Å². The molecule has 3 aromatic rings. The van der Waals surface area contributed by atoms with Crippen molar-refractivity contribution in [3.05, 3.63) is 83.6 Å². The molecule has 1 atom stereocenters. The molecule has 0 aliphatic carbocycles. The van der Waals surface area contributed by atoms with Crippen LogP contribution in [0.5, 0.6) is 5.75 Å². The number of hydrogen-bond acceptors (Lipinski definition) is 5. The van der Waals surface area contributed by atoms with E-state index >= 15 is 0 Å². The number of para-hydroxylation sites is 1. The number of aromatic nitrogens is 2. The van der Waals surface area contributed by atoms with E-state index in [0.29, 0.717) is 23.7 Å². The van der Waals surface area contributed by atoms with E-state index in [-0.39, 0.29) is 18.6 Å². The van der Waals surface area contributed by atoms with E-state index in [4.69, 9.17) is 21.3 Å². The summed E-state index contributed by atoms with van der Waals surface area (Å²) in [6, 6.07) is 8.12. The number of ether oxygens (including phenoxy) is 1. The predicted octanol–water partition coefficient (Wildman–Crippen LogP) is 6.17. The van der Waals surface area contributed by atoms with E-state index in [0.717, 1.165) is 39.8 Å². The fraction of sp³-hybridized carbons (Fsp3) is 0.296. The van der Waals surface area contributed by atoms with E-state index in [1.54, 1.807) is 18.6 Å². The van der Waals surface area contributed by atoms with Crippen LogP contribution in [0.25, 0.3) is 10.9 Å². The van der Waals surface area contributed by atoms with Crippen molar-refractivity contribution in [3.8, 4) is 5.75 Å². The molecule has 176 valence electrons. The van der Waals surface area contributed by atoms with Crippen molar-refractivity contribution in [2.45, 2.75) is 52.8 Å². The van der Waals surface area contributed by atoms with Crippen molar-refractivity contribution in [3.63, 3.8) is 0 Å². The first-order chi connectivity index (χ1) is 16.4. The number of hydrogen-bond donors (Lipinski definition) is 0. The molecular formula is C27H29ClN4O2. The lowest BCUT2D eigenvalue weighted by molar-refractivity contribution is -0.129. The van der Waals surface area contributed by atoms with Crippen LogP contribution in [0, 0.1) is 6.92 Å². The summed E-state index contributed by atoms with van der Waals surface area (Å²) in [7, 11) is 0. The number of likely N-dealkylation sites (tertiary alicyclic amines) is 1. The lowest BCUT2D eigenvalue weighted by Gasteiger charge is -2.23. The van der Waals surface area contributed by atoms with Crippen molar-refractivity contribution >= 4 is 34.1 Å². The summed E-state index contributed by atoms with van der Waals surface area (Å²) in [6.07, 6.45) is 10.5. The van der Waals surface area contributed by atoms with Crippen LogP contribution in [0.15, 0.2) is 61.7 Å². The number of fused-ring (bicyclic) bond motifs is 1. The number of amides is 1. The molecule has 0 spiro atoms. The molecule has 3 heterocycles. The molecular weight excluding hydrogens is 448 g/mol. The highest BCUT2D eigenvalue weighted by molar-refractivity contribution is 6.31. The number of benzene rings is 1. The van der Waals surface area contributed by atoms with Crippen LogP contribution in [0.4, 0.5) is 5.69 Å². The SMILES string of the molecule is C=CN(/C=C\C)c1cc(C)nc2c(OCc3c(Cl)cncc3CN3C(=O)CCC3C)cccc12. The third-order valence-electron chi connectivity index (χ3n) is 6.13. The second kappa shape index (κ2) is 10.3. The van der Waals surface area contributed by atoms with E-state index in [1.807, 2.05) is 60.2 Å². The molecule has 1 aliphatic heterocycles. The molecule has 0 radical (unpaired) electrons. The summed E-state index contributed by atoms with van der Waals surface area (Å²) in [5.74, 6) is 0.824. The Balaban J connectivity index is 1.67. The first-order valence-electron chi connectivity index (χ1n) is 11.4. The molecule has 1 unspecified atom stereocenters. The molecule has 1 aliphatic rings. The first-order valence-corrected chi connectivity index (χ1v) is 11.8. The van der Waals surface area contributed by atoms with Crippen LogP contribution >= 0.6 is 11.6 Å². The number of pyridine rings is 2. The van der Waals surface area contributed by atoms with E-state index < -0.39 is 0 Å². The van der Waals surface area contributed by atoms with Crippen LogP contribution in [-0.2, 0) is 17.9 Å². The van der Waals surface area contributed by atoms with Gasteiger partial charge in [-0.25, -0.2) is 4.98 Å². The van der Waals surface area contributed by atoms with E-state index in [9.17, 15) is 4.79 Å². The van der Waals surface area contributed by atoms with Gasteiger partial charge in [0.2, 0.25) is 5.91 Å². The third kappa shape index (κ3) is 4.77. The number of allylic oxidation sites excluding steroid dienone is 1. The van der Waals surface area contributed by atoms with Gasteiger partial charge in [0.25, 0.3) is 0 Å². The average Bonchev–Trinajstić information content (AvgIpc) is 3.14. The molecule has 0 N–H and O–H groups in total. The zero-order valence-electron chi connectivity index (χ0n) is 19.8. The minimum absolute atomic E-state index is 0.161. The van der Waals surface area contributed by atoms with Crippen LogP contribution in [0.2, 0.25) is 5.02 Å². The number of halogens is 1. The smallest absolute Gasteiger partial charge is 0.223 e. The Labute approximate surface area is 205 Å². The van der Waals surface area contributed by atoms with Gasteiger partial charge in [-0.05, 0) is 44.9 Å². The quantitative estimate of drug-likeness (QED) is 0.389. The number of aryl methyl sites for hydroxylation is 1. The highest BCUT2D eigenvalue weighted by atomic mass is 35.5. The van der Waals surface area contributed by atoms with E-state index in [1.165, 1.54) is 0 Å². The topological polar surface area (TPSA) is 58.6 Å². The molecule has 34 heavy (non-hydrogen) atoms. The molecule has 1 aromatic carbocycles. The Hall–Kier alpha value is -3.38. The van der Waals surface area contributed by atoms with Crippen LogP contribution in [0.3, 0.4) is 0 Å². The third-order valence-corrected chi connectivity index (χ3v) is 6.45. The summed E-state index contributed by atoms with van der Waals surface area (Å²) in [4.78, 5) is 25.2. The Bertz CT molecular complexity index is 1260. The summed E-state index contributed by atoms with van der Waals surface area (Å²) < 4.78 is 6.29. The lowest BCUT2D eigenvalue weighted by Crippen LogP contribution is -2.30. The van der Waals surface area contributed by atoms with Gasteiger partial charge in [-0.15, -0.1) is 0 Å². The molecule has 0 bridgehead atoms. The zero-order chi connectivity index (χ0) is 24.2. The molecule has 1 saturated heterocycles. The maximum Gasteiger partial charge on any atom is 0.223 e. The van der Waals surface area contributed by atoms with E-state index in [2.05, 4.69) is 18.5 Å². The Morgan fingerprint density at radius 2 is 2.18 bits per heavy atom.